The van der Waals surface area contributed by atoms with Crippen molar-refractivity contribution in [3.05, 3.63) is 28.8 Å². The average Bonchev–Trinajstić information content (AvgIpc) is 2.38. The minimum Gasteiger partial charge on any atom is -0.387 e. The van der Waals surface area contributed by atoms with Crippen LogP contribution in [0.1, 0.15) is 10.4 Å². The lowest BCUT2D eigenvalue weighted by molar-refractivity contribution is 0.0957. The van der Waals surface area contributed by atoms with Crippen LogP contribution in [0, 0.1) is 0 Å². The van der Waals surface area contributed by atoms with Gasteiger partial charge < -0.3 is 10.6 Å². The number of hydrogen-bond donors (Lipinski definition) is 2. The van der Waals surface area contributed by atoms with Crippen molar-refractivity contribution in [2.75, 3.05) is 38.8 Å². The molecule has 112 valence electrons. The summed E-state index contributed by atoms with van der Waals surface area (Å²) < 4.78 is 24.3. The summed E-state index contributed by atoms with van der Waals surface area (Å²) in [6, 6.07) is 4.89. The van der Waals surface area contributed by atoms with Crippen molar-refractivity contribution in [3.63, 3.8) is 0 Å². The Morgan fingerprint density at radius 2 is 2.00 bits per heavy atom. The highest BCUT2D eigenvalue weighted by Gasteiger charge is 2.15. The molecule has 0 fully saturated rings. The highest BCUT2D eigenvalue weighted by atomic mass is 35.5. The maximum atomic E-state index is 12.0. The van der Waals surface area contributed by atoms with Gasteiger partial charge >= 0.3 is 0 Å². The molecule has 0 aliphatic carbocycles. The molecule has 0 aliphatic heterocycles. The Morgan fingerprint density at radius 1 is 1.35 bits per heavy atom. The van der Waals surface area contributed by atoms with Crippen LogP contribution in [0.5, 0.6) is 0 Å². The van der Waals surface area contributed by atoms with Gasteiger partial charge in [-0.3, -0.25) is 4.79 Å². The number of nitrogens with zero attached hydrogens (tertiary/aromatic N) is 1. The van der Waals surface area contributed by atoms with Gasteiger partial charge in [-0.25, -0.2) is 12.7 Å². The quantitative estimate of drug-likeness (QED) is 0.820. The molecule has 1 rings (SSSR count). The number of hydrogen-bond acceptors (Lipinski definition) is 4. The zero-order valence-corrected chi connectivity index (χ0v) is 13.2. The Balaban J connectivity index is 2.71. The Hall–Kier alpha value is -1.31. The molecule has 0 aliphatic rings. The molecule has 0 aromatic heterocycles. The summed E-state index contributed by atoms with van der Waals surface area (Å²) in [5, 5.41) is 5.89. The van der Waals surface area contributed by atoms with Gasteiger partial charge in [-0.15, -0.1) is 0 Å². The minimum absolute atomic E-state index is 0.0367. The lowest BCUT2D eigenvalue weighted by Crippen LogP contribution is -2.34. The molecule has 0 radical (unpaired) electrons. The molecule has 0 saturated heterocycles. The van der Waals surface area contributed by atoms with E-state index in [1.165, 1.54) is 20.2 Å². The van der Waals surface area contributed by atoms with Gasteiger partial charge in [0.1, 0.15) is 0 Å². The first-order valence-corrected chi connectivity index (χ1v) is 7.92. The van der Waals surface area contributed by atoms with Gasteiger partial charge in [0.05, 0.1) is 11.3 Å². The molecule has 0 unspecified atom stereocenters. The molecule has 0 spiro atoms. The van der Waals surface area contributed by atoms with E-state index in [1.54, 1.807) is 19.2 Å². The summed E-state index contributed by atoms with van der Waals surface area (Å²) in [5.74, 6) is -0.521. The third-order valence-corrected chi connectivity index (χ3v) is 4.77. The third-order valence-electron chi connectivity index (χ3n) is 2.70. The monoisotopic (exact) mass is 319 g/mol. The number of halogens is 1. The number of carbonyl (C=O) groups is 1. The van der Waals surface area contributed by atoms with Gasteiger partial charge in [0.15, 0.2) is 0 Å². The number of sulfonamides is 1. The number of nitrogens with one attached hydrogen (secondary N) is 2. The fourth-order valence-corrected chi connectivity index (χ4v) is 2.39. The summed E-state index contributed by atoms with van der Waals surface area (Å²) >= 11 is 5.86. The van der Waals surface area contributed by atoms with Gasteiger partial charge in [0.2, 0.25) is 10.0 Å². The van der Waals surface area contributed by atoms with Crippen LogP contribution in [0.25, 0.3) is 0 Å². The van der Waals surface area contributed by atoms with Crippen LogP contribution in [0.4, 0.5) is 5.69 Å². The SMILES string of the molecule is CNc1ccc(Cl)cc1C(=O)NCCS(=O)(=O)N(C)C. The largest absolute Gasteiger partial charge is 0.387 e. The topological polar surface area (TPSA) is 78.5 Å². The molecule has 1 amide bonds. The van der Waals surface area contributed by atoms with Crippen LogP contribution < -0.4 is 10.6 Å². The van der Waals surface area contributed by atoms with Crippen molar-refractivity contribution in [1.29, 1.82) is 0 Å². The van der Waals surface area contributed by atoms with Crippen LogP contribution in [0.2, 0.25) is 5.02 Å². The second kappa shape index (κ2) is 6.92. The average molecular weight is 320 g/mol. The Morgan fingerprint density at radius 3 is 2.55 bits per heavy atom. The summed E-state index contributed by atoms with van der Waals surface area (Å²) in [5.41, 5.74) is 1.00. The molecule has 1 aromatic carbocycles. The van der Waals surface area contributed by atoms with E-state index in [-0.39, 0.29) is 18.2 Å². The predicted molar refractivity (Wildman–Crippen MR) is 80.8 cm³/mol. The van der Waals surface area contributed by atoms with Crippen molar-refractivity contribution in [1.82, 2.24) is 9.62 Å². The number of anilines is 1. The van der Waals surface area contributed by atoms with Crippen LogP contribution in [-0.2, 0) is 10.0 Å². The first kappa shape index (κ1) is 16.7. The number of carbonyl (C=O) groups excluding carboxylic acids is 1. The van der Waals surface area contributed by atoms with Crippen LogP contribution in [-0.4, -0.2) is 52.1 Å². The number of amides is 1. The molecular formula is C12H18ClN3O3S. The smallest absolute Gasteiger partial charge is 0.253 e. The Bertz CT molecular complexity index is 588. The van der Waals surface area contributed by atoms with E-state index >= 15 is 0 Å². The molecule has 0 atom stereocenters. The Kier molecular flexibility index (Phi) is 5.79. The second-order valence-corrected chi connectivity index (χ2v) is 7.03. The Labute approximate surface area is 124 Å². The number of benzene rings is 1. The zero-order chi connectivity index (χ0) is 15.3. The van der Waals surface area contributed by atoms with E-state index in [0.29, 0.717) is 16.3 Å². The molecule has 8 heteroatoms. The second-order valence-electron chi connectivity index (χ2n) is 4.29. The van der Waals surface area contributed by atoms with Crippen molar-refractivity contribution >= 4 is 33.2 Å². The van der Waals surface area contributed by atoms with E-state index < -0.39 is 10.0 Å². The first-order valence-electron chi connectivity index (χ1n) is 5.93. The maximum Gasteiger partial charge on any atom is 0.253 e. The predicted octanol–water partition coefficient (Wildman–Crippen LogP) is 1.00. The highest BCUT2D eigenvalue weighted by molar-refractivity contribution is 7.89. The van der Waals surface area contributed by atoms with E-state index in [2.05, 4.69) is 10.6 Å². The highest BCUT2D eigenvalue weighted by Crippen LogP contribution is 2.20. The van der Waals surface area contributed by atoms with E-state index in [9.17, 15) is 13.2 Å². The molecule has 20 heavy (non-hydrogen) atoms. The normalized spacial score (nSPS) is 11.4. The fraction of sp³-hybridized carbons (Fsp3) is 0.417. The van der Waals surface area contributed by atoms with Crippen molar-refractivity contribution < 1.29 is 13.2 Å². The standard InChI is InChI=1S/C12H18ClN3O3S/c1-14-11-5-4-9(13)8-10(11)12(17)15-6-7-20(18,19)16(2)3/h4-5,8,14H,6-7H2,1-3H3,(H,15,17). The van der Waals surface area contributed by atoms with Crippen molar-refractivity contribution in [2.45, 2.75) is 0 Å². The lowest BCUT2D eigenvalue weighted by atomic mass is 10.1. The fourth-order valence-electron chi connectivity index (χ4n) is 1.49. The summed E-state index contributed by atoms with van der Waals surface area (Å²) in [6.45, 7) is 0.0367. The molecule has 2 N–H and O–H groups in total. The van der Waals surface area contributed by atoms with Crippen molar-refractivity contribution in [3.8, 4) is 0 Å². The molecule has 6 nitrogen and oxygen atoms in total. The molecule has 0 heterocycles. The van der Waals surface area contributed by atoms with Gasteiger partial charge in [0.25, 0.3) is 5.91 Å². The summed E-state index contributed by atoms with van der Waals surface area (Å²) in [4.78, 5) is 12.0. The zero-order valence-electron chi connectivity index (χ0n) is 11.6. The summed E-state index contributed by atoms with van der Waals surface area (Å²) in [7, 11) is 1.27. The molecule has 0 bridgehead atoms. The van der Waals surface area contributed by atoms with Crippen LogP contribution >= 0.6 is 11.6 Å². The number of rotatable bonds is 6. The van der Waals surface area contributed by atoms with Gasteiger partial charge in [0, 0.05) is 38.4 Å². The summed E-state index contributed by atoms with van der Waals surface area (Å²) in [6.07, 6.45) is 0. The van der Waals surface area contributed by atoms with Gasteiger partial charge in [-0.1, -0.05) is 11.6 Å². The molecule has 0 saturated carbocycles. The molecular weight excluding hydrogens is 302 g/mol. The lowest BCUT2D eigenvalue weighted by Gasteiger charge is -2.13. The van der Waals surface area contributed by atoms with Crippen LogP contribution in [0.15, 0.2) is 18.2 Å². The first-order chi connectivity index (χ1) is 9.27. The minimum atomic E-state index is -3.32. The maximum absolute atomic E-state index is 12.0. The van der Waals surface area contributed by atoms with E-state index in [1.807, 2.05) is 0 Å². The van der Waals surface area contributed by atoms with Crippen LogP contribution in [0.3, 0.4) is 0 Å². The third kappa shape index (κ3) is 4.36. The molecule has 1 aromatic rings. The van der Waals surface area contributed by atoms with E-state index in [0.717, 1.165) is 4.31 Å². The van der Waals surface area contributed by atoms with Gasteiger partial charge in [-0.2, -0.15) is 0 Å². The van der Waals surface area contributed by atoms with Crippen molar-refractivity contribution in [2.24, 2.45) is 0 Å². The van der Waals surface area contributed by atoms with E-state index in [4.69, 9.17) is 11.6 Å². The van der Waals surface area contributed by atoms with Gasteiger partial charge in [-0.05, 0) is 18.2 Å².